The fraction of sp³-hybridized carbons (Fsp3) is 0.700. The molecule has 7 heteroatoms. The molecule has 1 aliphatic rings. The van der Waals surface area contributed by atoms with Crippen LogP contribution in [0.15, 0.2) is 17.6 Å². The standard InChI is InChI=1S/C10H18N4O2S/c1-14(9-4-2-8(11)3-5-9)17(15,16)10-6-12-7-13-10/h6-9H,2-5,11H2,1H3,(H,12,13). The molecule has 0 aromatic carbocycles. The van der Waals surface area contributed by atoms with Gasteiger partial charge in [-0.25, -0.2) is 13.4 Å². The summed E-state index contributed by atoms with van der Waals surface area (Å²) in [7, 11) is -1.82. The van der Waals surface area contributed by atoms with Crippen molar-refractivity contribution in [1.82, 2.24) is 14.3 Å². The molecule has 0 spiro atoms. The monoisotopic (exact) mass is 258 g/mol. The molecular formula is C10H18N4O2S. The summed E-state index contributed by atoms with van der Waals surface area (Å²) in [6.07, 6.45) is 6.12. The Bertz CT molecular complexity index is 449. The fourth-order valence-corrected chi connectivity index (χ4v) is 3.51. The molecule has 0 saturated heterocycles. The number of sulfonamides is 1. The molecule has 1 aliphatic carbocycles. The Labute approximate surface area is 101 Å². The third-order valence-electron chi connectivity index (χ3n) is 3.39. The summed E-state index contributed by atoms with van der Waals surface area (Å²) in [4.78, 5) is 6.39. The molecule has 0 radical (unpaired) electrons. The highest BCUT2D eigenvalue weighted by Crippen LogP contribution is 2.25. The molecular weight excluding hydrogens is 240 g/mol. The molecule has 1 heterocycles. The van der Waals surface area contributed by atoms with Crippen LogP contribution < -0.4 is 5.73 Å². The van der Waals surface area contributed by atoms with E-state index in [4.69, 9.17) is 5.73 Å². The predicted molar refractivity (Wildman–Crippen MR) is 63.8 cm³/mol. The van der Waals surface area contributed by atoms with Crippen molar-refractivity contribution in [2.24, 2.45) is 5.73 Å². The van der Waals surface area contributed by atoms with Crippen LogP contribution in [0, 0.1) is 0 Å². The van der Waals surface area contributed by atoms with Crippen LogP contribution in [0.4, 0.5) is 0 Å². The summed E-state index contributed by atoms with van der Waals surface area (Å²) < 4.78 is 25.8. The van der Waals surface area contributed by atoms with Gasteiger partial charge in [-0.05, 0) is 25.7 Å². The van der Waals surface area contributed by atoms with E-state index < -0.39 is 10.0 Å². The van der Waals surface area contributed by atoms with Gasteiger partial charge in [0.25, 0.3) is 10.0 Å². The number of hydrogen-bond donors (Lipinski definition) is 2. The summed E-state index contributed by atoms with van der Waals surface area (Å²) in [6.45, 7) is 0. The number of aromatic nitrogens is 2. The van der Waals surface area contributed by atoms with Crippen molar-refractivity contribution in [3.63, 3.8) is 0 Å². The minimum absolute atomic E-state index is 0.0445. The zero-order valence-corrected chi connectivity index (χ0v) is 10.7. The third-order valence-corrected chi connectivity index (χ3v) is 5.22. The molecule has 1 aromatic rings. The van der Waals surface area contributed by atoms with Crippen molar-refractivity contribution in [1.29, 1.82) is 0 Å². The number of nitrogens with two attached hydrogens (primary N) is 1. The number of nitrogens with one attached hydrogen (secondary N) is 1. The maximum Gasteiger partial charge on any atom is 0.260 e. The summed E-state index contributed by atoms with van der Waals surface area (Å²) in [5, 5.41) is 0.148. The zero-order valence-electron chi connectivity index (χ0n) is 9.83. The highest BCUT2D eigenvalue weighted by Gasteiger charge is 2.31. The lowest BCUT2D eigenvalue weighted by Gasteiger charge is -2.32. The lowest BCUT2D eigenvalue weighted by atomic mass is 9.92. The maximum absolute atomic E-state index is 12.2. The molecule has 96 valence electrons. The molecule has 6 nitrogen and oxygen atoms in total. The van der Waals surface area contributed by atoms with Crippen LogP contribution in [-0.2, 0) is 10.0 Å². The normalized spacial score (nSPS) is 26.3. The quantitative estimate of drug-likeness (QED) is 0.815. The predicted octanol–water partition coefficient (Wildman–Crippen LogP) is 0.300. The molecule has 0 amide bonds. The molecule has 0 atom stereocenters. The first kappa shape index (κ1) is 12.5. The van der Waals surface area contributed by atoms with E-state index in [1.807, 2.05) is 0 Å². The molecule has 0 bridgehead atoms. The van der Waals surface area contributed by atoms with Gasteiger partial charge in [0.05, 0.1) is 12.5 Å². The lowest BCUT2D eigenvalue weighted by molar-refractivity contribution is 0.268. The molecule has 17 heavy (non-hydrogen) atoms. The van der Waals surface area contributed by atoms with Gasteiger partial charge < -0.3 is 10.7 Å². The summed E-state index contributed by atoms with van der Waals surface area (Å²) >= 11 is 0. The fourth-order valence-electron chi connectivity index (χ4n) is 2.20. The first-order valence-electron chi connectivity index (χ1n) is 5.74. The van der Waals surface area contributed by atoms with Crippen LogP contribution in [0.25, 0.3) is 0 Å². The largest absolute Gasteiger partial charge is 0.335 e. The van der Waals surface area contributed by atoms with E-state index in [1.165, 1.54) is 16.8 Å². The Hall–Kier alpha value is -0.920. The van der Waals surface area contributed by atoms with Crippen LogP contribution in [0.2, 0.25) is 0 Å². The van der Waals surface area contributed by atoms with Gasteiger partial charge in [-0.3, -0.25) is 0 Å². The van der Waals surface area contributed by atoms with Crippen LogP contribution in [0.1, 0.15) is 25.7 Å². The summed E-state index contributed by atoms with van der Waals surface area (Å²) in [5.74, 6) is 0. The van der Waals surface area contributed by atoms with E-state index in [9.17, 15) is 8.42 Å². The number of imidazole rings is 1. The third kappa shape index (κ3) is 2.51. The van der Waals surface area contributed by atoms with Crippen LogP contribution >= 0.6 is 0 Å². The van der Waals surface area contributed by atoms with Crippen LogP contribution in [0.5, 0.6) is 0 Å². The minimum atomic E-state index is -3.44. The van der Waals surface area contributed by atoms with Crippen molar-refractivity contribution < 1.29 is 8.42 Å². The van der Waals surface area contributed by atoms with Gasteiger partial charge in [0.1, 0.15) is 0 Å². The van der Waals surface area contributed by atoms with E-state index in [0.29, 0.717) is 0 Å². The van der Waals surface area contributed by atoms with Gasteiger partial charge >= 0.3 is 0 Å². The van der Waals surface area contributed by atoms with Crippen molar-refractivity contribution in [2.45, 2.75) is 42.8 Å². The Kier molecular flexibility index (Phi) is 3.50. The van der Waals surface area contributed by atoms with E-state index in [0.717, 1.165) is 25.7 Å². The van der Waals surface area contributed by atoms with Gasteiger partial charge in [-0.2, -0.15) is 4.31 Å². The number of nitrogens with zero attached hydrogens (tertiary/aromatic N) is 2. The second kappa shape index (κ2) is 4.75. The van der Waals surface area contributed by atoms with E-state index >= 15 is 0 Å². The number of hydrogen-bond acceptors (Lipinski definition) is 4. The summed E-state index contributed by atoms with van der Waals surface area (Å²) in [6, 6.07) is 0.262. The van der Waals surface area contributed by atoms with E-state index in [1.54, 1.807) is 7.05 Å². The molecule has 0 unspecified atom stereocenters. The zero-order chi connectivity index (χ0) is 12.5. The SMILES string of the molecule is CN(C1CCC(N)CC1)S(=O)(=O)c1cnc[nH]1. The van der Waals surface area contributed by atoms with Gasteiger partial charge in [-0.15, -0.1) is 0 Å². The second-order valence-corrected chi connectivity index (χ2v) is 6.47. The second-order valence-electron chi connectivity index (χ2n) is 4.51. The average Bonchev–Trinajstić information content (AvgIpc) is 2.83. The lowest BCUT2D eigenvalue weighted by Crippen LogP contribution is -2.41. The molecule has 0 aliphatic heterocycles. The molecule has 1 saturated carbocycles. The van der Waals surface area contributed by atoms with Crippen molar-refractivity contribution >= 4 is 10.0 Å². The maximum atomic E-state index is 12.2. The Morgan fingerprint density at radius 2 is 2.06 bits per heavy atom. The Balaban J connectivity index is 2.12. The minimum Gasteiger partial charge on any atom is -0.335 e. The van der Waals surface area contributed by atoms with Gasteiger partial charge in [0.15, 0.2) is 5.03 Å². The average molecular weight is 258 g/mol. The number of aromatic amines is 1. The Morgan fingerprint density at radius 1 is 1.41 bits per heavy atom. The van der Waals surface area contributed by atoms with Gasteiger partial charge in [-0.1, -0.05) is 0 Å². The Morgan fingerprint density at radius 3 is 2.59 bits per heavy atom. The highest BCUT2D eigenvalue weighted by molar-refractivity contribution is 7.89. The highest BCUT2D eigenvalue weighted by atomic mass is 32.2. The number of H-pyrrole nitrogens is 1. The molecule has 2 rings (SSSR count). The van der Waals surface area contributed by atoms with E-state index in [2.05, 4.69) is 9.97 Å². The van der Waals surface area contributed by atoms with Crippen molar-refractivity contribution in [3.05, 3.63) is 12.5 Å². The van der Waals surface area contributed by atoms with E-state index in [-0.39, 0.29) is 17.1 Å². The molecule has 1 fully saturated rings. The molecule has 1 aromatic heterocycles. The van der Waals surface area contributed by atoms with Crippen LogP contribution in [0.3, 0.4) is 0 Å². The topological polar surface area (TPSA) is 92.1 Å². The summed E-state index contributed by atoms with van der Waals surface area (Å²) in [5.41, 5.74) is 5.82. The smallest absolute Gasteiger partial charge is 0.260 e. The van der Waals surface area contributed by atoms with Gasteiger partial charge in [0, 0.05) is 19.1 Å². The van der Waals surface area contributed by atoms with Gasteiger partial charge in [0.2, 0.25) is 0 Å². The molecule has 3 N–H and O–H groups in total. The van der Waals surface area contributed by atoms with Crippen LogP contribution in [-0.4, -0.2) is 41.8 Å². The first-order valence-corrected chi connectivity index (χ1v) is 7.18. The number of rotatable bonds is 3. The first-order chi connectivity index (χ1) is 8.01. The van der Waals surface area contributed by atoms with Crippen molar-refractivity contribution in [3.8, 4) is 0 Å². The van der Waals surface area contributed by atoms with Crippen molar-refractivity contribution in [2.75, 3.05) is 7.05 Å².